The maximum absolute atomic E-state index is 5.85. The van der Waals surface area contributed by atoms with Gasteiger partial charge in [0.25, 0.3) is 0 Å². The third-order valence-electron chi connectivity index (χ3n) is 6.59. The molecule has 6 heteroatoms. The van der Waals surface area contributed by atoms with Crippen molar-refractivity contribution in [2.75, 3.05) is 4.90 Å². The first-order valence-corrected chi connectivity index (χ1v) is 12.3. The van der Waals surface area contributed by atoms with E-state index in [0.29, 0.717) is 6.04 Å². The van der Waals surface area contributed by atoms with Crippen LogP contribution >= 0.6 is 28.1 Å². The Hall–Kier alpha value is -2.18. The van der Waals surface area contributed by atoms with Gasteiger partial charge in [-0.05, 0) is 79.5 Å². The second kappa shape index (κ2) is 8.75. The van der Waals surface area contributed by atoms with Crippen molar-refractivity contribution in [3.8, 4) is 0 Å². The summed E-state index contributed by atoms with van der Waals surface area (Å²) in [7, 11) is 0. The second-order valence-corrected chi connectivity index (χ2v) is 9.86. The van der Waals surface area contributed by atoms with Crippen LogP contribution in [0.1, 0.15) is 67.1 Å². The second-order valence-electron chi connectivity index (χ2n) is 8.61. The van der Waals surface area contributed by atoms with E-state index >= 15 is 0 Å². The molecule has 1 N–H and O–H groups in total. The maximum atomic E-state index is 5.85. The number of anilines is 1. The van der Waals surface area contributed by atoms with Gasteiger partial charge in [-0.15, -0.1) is 0 Å². The van der Waals surface area contributed by atoms with Crippen molar-refractivity contribution in [2.24, 2.45) is 0 Å². The molecule has 1 saturated carbocycles. The van der Waals surface area contributed by atoms with Gasteiger partial charge in [0.05, 0.1) is 17.8 Å². The molecule has 2 unspecified atom stereocenters. The average Bonchev–Trinajstić information content (AvgIpc) is 3.41. The van der Waals surface area contributed by atoms with Crippen molar-refractivity contribution in [1.29, 1.82) is 0 Å². The molecule has 31 heavy (non-hydrogen) atoms. The van der Waals surface area contributed by atoms with Crippen LogP contribution in [0, 0.1) is 6.92 Å². The Morgan fingerprint density at radius 2 is 1.94 bits per heavy atom. The van der Waals surface area contributed by atoms with Crippen LogP contribution in [-0.2, 0) is 0 Å². The molecule has 3 aromatic rings. The van der Waals surface area contributed by atoms with E-state index < -0.39 is 0 Å². The lowest BCUT2D eigenvalue weighted by atomic mass is 9.95. The molecular formula is C25H27BrN4S. The minimum atomic E-state index is -0.000131. The monoisotopic (exact) mass is 494 g/mol. The molecule has 4 nitrogen and oxygen atoms in total. The van der Waals surface area contributed by atoms with Gasteiger partial charge < -0.3 is 14.8 Å². The van der Waals surface area contributed by atoms with Gasteiger partial charge in [0, 0.05) is 34.8 Å². The van der Waals surface area contributed by atoms with E-state index in [0.717, 1.165) is 21.0 Å². The van der Waals surface area contributed by atoms with Crippen LogP contribution in [0.2, 0.25) is 0 Å². The first-order valence-electron chi connectivity index (χ1n) is 11.1. The summed E-state index contributed by atoms with van der Waals surface area (Å²) in [6.45, 7) is 2.12. The van der Waals surface area contributed by atoms with E-state index in [4.69, 9.17) is 12.2 Å². The van der Waals surface area contributed by atoms with Gasteiger partial charge in [-0.25, -0.2) is 0 Å². The zero-order valence-corrected chi connectivity index (χ0v) is 20.1. The fraction of sp³-hybridized carbons (Fsp3) is 0.360. The Labute approximate surface area is 197 Å². The molecule has 2 fully saturated rings. The maximum Gasteiger partial charge on any atom is 0.174 e. The van der Waals surface area contributed by atoms with Crippen LogP contribution in [-0.4, -0.2) is 14.7 Å². The zero-order valence-electron chi connectivity index (χ0n) is 17.7. The highest BCUT2D eigenvalue weighted by Crippen LogP contribution is 2.42. The molecule has 0 amide bonds. The molecule has 3 heterocycles. The molecular weight excluding hydrogens is 468 g/mol. The molecule has 0 bridgehead atoms. The quantitative estimate of drug-likeness (QED) is 0.412. The summed E-state index contributed by atoms with van der Waals surface area (Å²) < 4.78 is 3.53. The van der Waals surface area contributed by atoms with Gasteiger partial charge >= 0.3 is 0 Å². The zero-order chi connectivity index (χ0) is 21.4. The van der Waals surface area contributed by atoms with Crippen LogP contribution in [0.4, 0.5) is 5.69 Å². The van der Waals surface area contributed by atoms with Gasteiger partial charge in [-0.1, -0.05) is 41.3 Å². The van der Waals surface area contributed by atoms with Crippen LogP contribution in [0.25, 0.3) is 0 Å². The molecule has 5 rings (SSSR count). The van der Waals surface area contributed by atoms with E-state index in [1.54, 1.807) is 0 Å². The molecule has 0 spiro atoms. The van der Waals surface area contributed by atoms with Gasteiger partial charge in [0.2, 0.25) is 0 Å². The lowest BCUT2D eigenvalue weighted by Crippen LogP contribution is -2.29. The van der Waals surface area contributed by atoms with E-state index in [-0.39, 0.29) is 12.1 Å². The SMILES string of the molecule is Cc1cc(N2C(=S)NC(c3ccccn3)C2c2ccn(C3CCCCC3)c2)ccc1Br. The van der Waals surface area contributed by atoms with Gasteiger partial charge in [-0.2, -0.15) is 0 Å². The Morgan fingerprint density at radius 1 is 1.10 bits per heavy atom. The molecule has 2 aliphatic rings. The molecule has 1 saturated heterocycles. The predicted molar refractivity (Wildman–Crippen MR) is 133 cm³/mol. The highest BCUT2D eigenvalue weighted by molar-refractivity contribution is 9.10. The summed E-state index contributed by atoms with van der Waals surface area (Å²) in [6.07, 6.45) is 13.0. The number of halogens is 1. The Kier molecular flexibility index (Phi) is 5.85. The largest absolute Gasteiger partial charge is 0.351 e. The van der Waals surface area contributed by atoms with Gasteiger partial charge in [0.15, 0.2) is 5.11 Å². The van der Waals surface area contributed by atoms with Crippen molar-refractivity contribution < 1.29 is 0 Å². The number of aromatic nitrogens is 2. The minimum absolute atomic E-state index is 0.000131. The topological polar surface area (TPSA) is 33.1 Å². The first kappa shape index (κ1) is 20.7. The number of nitrogens with one attached hydrogen (secondary N) is 1. The first-order chi connectivity index (χ1) is 15.1. The third-order valence-corrected chi connectivity index (χ3v) is 7.80. The molecule has 1 aliphatic heterocycles. The number of nitrogens with zero attached hydrogens (tertiary/aromatic N) is 3. The number of hydrogen-bond acceptors (Lipinski definition) is 2. The summed E-state index contributed by atoms with van der Waals surface area (Å²) in [5, 5.41) is 4.31. The van der Waals surface area contributed by atoms with E-state index in [1.807, 2.05) is 18.3 Å². The fourth-order valence-corrected chi connectivity index (χ4v) is 5.55. The standard InChI is InChI=1S/C25H27BrN4S/c1-17-15-20(10-11-21(17)26)30-24(23(28-25(30)31)22-9-5-6-13-27-22)18-12-14-29(16-18)19-7-3-2-4-8-19/h5-6,9-16,19,23-24H,2-4,7-8H2,1H3,(H,28,31). The summed E-state index contributed by atoms with van der Waals surface area (Å²) >= 11 is 9.48. The van der Waals surface area contributed by atoms with E-state index in [2.05, 4.69) is 85.3 Å². The van der Waals surface area contributed by atoms with Crippen LogP contribution in [0.3, 0.4) is 0 Å². The predicted octanol–water partition coefficient (Wildman–Crippen LogP) is 6.64. The van der Waals surface area contributed by atoms with Crippen molar-refractivity contribution in [3.63, 3.8) is 0 Å². The molecule has 2 atom stereocenters. The van der Waals surface area contributed by atoms with Crippen molar-refractivity contribution in [2.45, 2.75) is 57.2 Å². The molecule has 160 valence electrons. The van der Waals surface area contributed by atoms with Crippen LogP contribution in [0.15, 0.2) is 65.5 Å². The van der Waals surface area contributed by atoms with Crippen molar-refractivity contribution in [1.82, 2.24) is 14.9 Å². The Bertz CT molecular complexity index is 1070. The van der Waals surface area contributed by atoms with Crippen LogP contribution in [0.5, 0.6) is 0 Å². The minimum Gasteiger partial charge on any atom is -0.351 e. The number of rotatable bonds is 4. The van der Waals surface area contributed by atoms with Crippen molar-refractivity contribution >= 4 is 38.9 Å². The highest BCUT2D eigenvalue weighted by atomic mass is 79.9. The third kappa shape index (κ3) is 4.03. The fourth-order valence-electron chi connectivity index (χ4n) is 4.96. The highest BCUT2D eigenvalue weighted by Gasteiger charge is 2.41. The average molecular weight is 495 g/mol. The number of hydrogen-bond donors (Lipinski definition) is 1. The number of benzene rings is 1. The smallest absolute Gasteiger partial charge is 0.174 e. The van der Waals surface area contributed by atoms with E-state index in [1.165, 1.54) is 43.2 Å². The number of pyridine rings is 1. The molecule has 1 aromatic carbocycles. The lowest BCUT2D eigenvalue weighted by Gasteiger charge is -2.28. The summed E-state index contributed by atoms with van der Waals surface area (Å²) in [5.74, 6) is 0. The van der Waals surface area contributed by atoms with Gasteiger partial charge in [0.1, 0.15) is 0 Å². The summed E-state index contributed by atoms with van der Waals surface area (Å²) in [6, 6.07) is 15.5. The molecule has 2 aromatic heterocycles. The number of thiocarbonyl (C=S) groups is 1. The Morgan fingerprint density at radius 3 is 2.68 bits per heavy atom. The lowest BCUT2D eigenvalue weighted by molar-refractivity contribution is 0.353. The number of aryl methyl sites for hydroxylation is 1. The molecule has 0 radical (unpaired) electrons. The Balaban J connectivity index is 1.56. The summed E-state index contributed by atoms with van der Waals surface area (Å²) in [5.41, 5.74) is 4.58. The normalized spacial score (nSPS) is 22.0. The summed E-state index contributed by atoms with van der Waals surface area (Å²) in [4.78, 5) is 6.92. The van der Waals surface area contributed by atoms with Crippen LogP contribution < -0.4 is 10.2 Å². The van der Waals surface area contributed by atoms with E-state index in [9.17, 15) is 0 Å². The molecule has 1 aliphatic carbocycles. The van der Waals surface area contributed by atoms with Gasteiger partial charge in [-0.3, -0.25) is 4.98 Å². The van der Waals surface area contributed by atoms with Crippen molar-refractivity contribution in [3.05, 3.63) is 82.3 Å².